The van der Waals surface area contributed by atoms with Gasteiger partial charge in [-0.1, -0.05) is 27.7 Å². The van der Waals surface area contributed by atoms with E-state index < -0.39 is 5.60 Å². The number of nitrogens with one attached hydrogen (secondary N) is 1. The Labute approximate surface area is 160 Å². The van der Waals surface area contributed by atoms with E-state index in [2.05, 4.69) is 25.8 Å². The Balaban J connectivity index is 1.74. The lowest BCUT2D eigenvalue weighted by atomic mass is 9.70. The molecule has 0 aromatic carbocycles. The van der Waals surface area contributed by atoms with Crippen molar-refractivity contribution in [2.75, 3.05) is 7.11 Å². The maximum absolute atomic E-state index is 12.8. The Bertz CT molecular complexity index is 893. The average molecular weight is 373 g/mol. The number of methoxy groups -OCH3 is 1. The van der Waals surface area contributed by atoms with Crippen LogP contribution in [0.25, 0.3) is 5.52 Å². The number of rotatable bonds is 4. The van der Waals surface area contributed by atoms with Crippen LogP contribution in [0.5, 0.6) is 0 Å². The summed E-state index contributed by atoms with van der Waals surface area (Å²) in [7, 11) is 1.69. The van der Waals surface area contributed by atoms with E-state index in [4.69, 9.17) is 14.8 Å². The van der Waals surface area contributed by atoms with Crippen molar-refractivity contribution in [2.45, 2.75) is 84.2 Å². The molecule has 2 aromatic rings. The number of fused-ring (bicyclic) bond motifs is 1. The number of aromatic nitrogens is 4. The fourth-order valence-electron chi connectivity index (χ4n) is 4.68. The smallest absolute Gasteiger partial charge is 0.277 e. The minimum atomic E-state index is -0.412. The standard InChI is InChI=1S/C21H32N4O2/c1-6-15-16-18(26)23-19(21(27-5)11-12-21)24-25(16)17(22-15)13-7-9-14(10-8-13)20(2,3)4/h13-14H,6-12H2,1-5H3,(H,23,24,26). The number of aryl methyl sites for hydroxylation is 1. The third-order valence-electron chi connectivity index (χ3n) is 6.78. The maximum Gasteiger partial charge on any atom is 0.277 e. The number of nitrogens with zero attached hydrogens (tertiary/aromatic N) is 3. The molecule has 0 unspecified atom stereocenters. The molecular formula is C21H32N4O2. The average Bonchev–Trinajstić information content (AvgIpc) is 3.35. The Morgan fingerprint density at radius 3 is 2.41 bits per heavy atom. The van der Waals surface area contributed by atoms with Gasteiger partial charge in [0.25, 0.3) is 5.56 Å². The zero-order valence-electron chi connectivity index (χ0n) is 17.3. The highest BCUT2D eigenvalue weighted by Gasteiger charge is 2.48. The van der Waals surface area contributed by atoms with Crippen molar-refractivity contribution in [3.05, 3.63) is 27.7 Å². The Hall–Kier alpha value is -1.69. The molecule has 2 saturated carbocycles. The normalized spacial score (nSPS) is 25.1. The first kappa shape index (κ1) is 18.7. The van der Waals surface area contributed by atoms with Crippen LogP contribution in [-0.4, -0.2) is 26.7 Å². The summed E-state index contributed by atoms with van der Waals surface area (Å²) in [5.41, 5.74) is 1.31. The van der Waals surface area contributed by atoms with Gasteiger partial charge in [0.1, 0.15) is 11.4 Å². The van der Waals surface area contributed by atoms with E-state index in [1.54, 1.807) is 7.11 Å². The van der Waals surface area contributed by atoms with E-state index >= 15 is 0 Å². The lowest BCUT2D eigenvalue weighted by Crippen LogP contribution is -2.27. The van der Waals surface area contributed by atoms with Crippen LogP contribution in [0, 0.1) is 11.3 Å². The second-order valence-corrected chi connectivity index (χ2v) is 9.45. The highest BCUT2D eigenvalue weighted by Crippen LogP contribution is 2.47. The summed E-state index contributed by atoms with van der Waals surface area (Å²) in [5, 5.41) is 4.83. The Kier molecular flexibility index (Phi) is 4.45. The second-order valence-electron chi connectivity index (χ2n) is 9.45. The van der Waals surface area contributed by atoms with Crippen molar-refractivity contribution >= 4 is 5.52 Å². The van der Waals surface area contributed by atoms with Gasteiger partial charge in [0, 0.05) is 13.0 Å². The van der Waals surface area contributed by atoms with E-state index in [-0.39, 0.29) is 5.56 Å². The Morgan fingerprint density at radius 1 is 1.22 bits per heavy atom. The Morgan fingerprint density at radius 2 is 1.89 bits per heavy atom. The minimum Gasteiger partial charge on any atom is -0.370 e. The van der Waals surface area contributed by atoms with E-state index in [1.807, 2.05) is 11.4 Å². The maximum atomic E-state index is 12.8. The summed E-state index contributed by atoms with van der Waals surface area (Å²) >= 11 is 0. The van der Waals surface area contributed by atoms with Crippen LogP contribution in [0.2, 0.25) is 0 Å². The van der Waals surface area contributed by atoms with Crippen LogP contribution in [-0.2, 0) is 16.8 Å². The highest BCUT2D eigenvalue weighted by molar-refractivity contribution is 5.51. The van der Waals surface area contributed by atoms with Gasteiger partial charge in [0.2, 0.25) is 0 Å². The first-order chi connectivity index (χ1) is 12.8. The molecule has 0 saturated heterocycles. The molecule has 0 spiro atoms. The van der Waals surface area contributed by atoms with E-state index in [1.165, 1.54) is 12.8 Å². The monoisotopic (exact) mass is 372 g/mol. The quantitative estimate of drug-likeness (QED) is 0.882. The molecule has 6 heteroatoms. The summed E-state index contributed by atoms with van der Waals surface area (Å²) in [6.07, 6.45) is 7.19. The molecular weight excluding hydrogens is 340 g/mol. The molecule has 2 fully saturated rings. The third kappa shape index (κ3) is 3.12. The van der Waals surface area contributed by atoms with Crippen molar-refractivity contribution in [1.29, 1.82) is 0 Å². The topological polar surface area (TPSA) is 72.3 Å². The molecule has 0 amide bonds. The lowest BCUT2D eigenvalue weighted by Gasteiger charge is -2.36. The molecule has 2 aliphatic carbocycles. The van der Waals surface area contributed by atoms with Gasteiger partial charge in [0.05, 0.1) is 5.69 Å². The van der Waals surface area contributed by atoms with Gasteiger partial charge in [-0.25, -0.2) is 9.50 Å². The number of hydrogen-bond donors (Lipinski definition) is 1. The fraction of sp³-hybridized carbons (Fsp3) is 0.762. The highest BCUT2D eigenvalue weighted by atomic mass is 16.5. The van der Waals surface area contributed by atoms with Crippen molar-refractivity contribution in [3.63, 3.8) is 0 Å². The number of ether oxygens (including phenoxy) is 1. The van der Waals surface area contributed by atoms with Gasteiger partial charge in [-0.2, -0.15) is 0 Å². The number of H-pyrrole nitrogens is 1. The number of aromatic amines is 1. The van der Waals surface area contributed by atoms with Gasteiger partial charge < -0.3 is 9.72 Å². The lowest BCUT2D eigenvalue weighted by molar-refractivity contribution is 0.0696. The molecule has 4 rings (SSSR count). The molecule has 0 radical (unpaired) electrons. The first-order valence-electron chi connectivity index (χ1n) is 10.4. The summed E-state index contributed by atoms with van der Waals surface area (Å²) < 4.78 is 7.48. The van der Waals surface area contributed by atoms with Crippen molar-refractivity contribution in [3.8, 4) is 0 Å². The van der Waals surface area contributed by atoms with Crippen molar-refractivity contribution in [1.82, 2.24) is 19.6 Å². The van der Waals surface area contributed by atoms with Gasteiger partial charge in [-0.15, -0.1) is 5.10 Å². The second kappa shape index (κ2) is 6.43. The molecule has 148 valence electrons. The number of imidazole rings is 1. The minimum absolute atomic E-state index is 0.0951. The van der Waals surface area contributed by atoms with Crippen LogP contribution < -0.4 is 5.56 Å². The molecule has 0 aliphatic heterocycles. The van der Waals surface area contributed by atoms with Crippen LogP contribution in [0.3, 0.4) is 0 Å². The summed E-state index contributed by atoms with van der Waals surface area (Å²) in [5.74, 6) is 2.73. The molecule has 2 heterocycles. The van der Waals surface area contributed by atoms with Gasteiger partial charge >= 0.3 is 0 Å². The summed E-state index contributed by atoms with van der Waals surface area (Å²) in [4.78, 5) is 20.7. The summed E-state index contributed by atoms with van der Waals surface area (Å²) in [6.45, 7) is 9.06. The molecule has 0 bridgehead atoms. The van der Waals surface area contributed by atoms with Crippen LogP contribution in [0.15, 0.2) is 4.79 Å². The molecule has 0 atom stereocenters. The molecule has 2 aliphatic rings. The third-order valence-corrected chi connectivity index (χ3v) is 6.78. The molecule has 27 heavy (non-hydrogen) atoms. The molecule has 1 N–H and O–H groups in total. The van der Waals surface area contributed by atoms with E-state index in [0.29, 0.717) is 22.7 Å². The molecule has 6 nitrogen and oxygen atoms in total. The zero-order valence-corrected chi connectivity index (χ0v) is 17.3. The van der Waals surface area contributed by atoms with Gasteiger partial charge in [-0.05, 0) is 56.3 Å². The predicted molar refractivity (Wildman–Crippen MR) is 105 cm³/mol. The zero-order chi connectivity index (χ0) is 19.4. The fourth-order valence-corrected chi connectivity index (χ4v) is 4.68. The van der Waals surface area contributed by atoms with Gasteiger partial charge in [0.15, 0.2) is 11.3 Å². The van der Waals surface area contributed by atoms with Crippen molar-refractivity contribution in [2.24, 2.45) is 11.3 Å². The van der Waals surface area contributed by atoms with E-state index in [0.717, 1.165) is 49.5 Å². The largest absolute Gasteiger partial charge is 0.370 e. The molecule has 2 aromatic heterocycles. The van der Waals surface area contributed by atoms with Crippen LogP contribution in [0.1, 0.15) is 89.5 Å². The van der Waals surface area contributed by atoms with Crippen molar-refractivity contribution < 1.29 is 4.74 Å². The van der Waals surface area contributed by atoms with Crippen LogP contribution >= 0.6 is 0 Å². The number of hydrogen-bond acceptors (Lipinski definition) is 4. The van der Waals surface area contributed by atoms with Crippen LogP contribution in [0.4, 0.5) is 0 Å². The SMILES string of the molecule is CCc1nc(C2CCC(C(C)(C)C)CC2)n2nc(C3(OC)CC3)[nH]c(=O)c12. The van der Waals surface area contributed by atoms with E-state index in [9.17, 15) is 4.79 Å². The van der Waals surface area contributed by atoms with Gasteiger partial charge in [-0.3, -0.25) is 4.79 Å². The summed E-state index contributed by atoms with van der Waals surface area (Å²) in [6, 6.07) is 0. The predicted octanol–water partition coefficient (Wildman–Crippen LogP) is 3.94. The first-order valence-corrected chi connectivity index (χ1v) is 10.4.